The summed E-state index contributed by atoms with van der Waals surface area (Å²) in [6, 6.07) is 17.3. The zero-order chi connectivity index (χ0) is 28.8. The summed E-state index contributed by atoms with van der Waals surface area (Å²) in [5, 5.41) is 4.71. The van der Waals surface area contributed by atoms with E-state index in [1.165, 1.54) is 35.0 Å². The molecule has 0 radical (unpaired) electrons. The van der Waals surface area contributed by atoms with E-state index >= 15 is 0 Å². The summed E-state index contributed by atoms with van der Waals surface area (Å²) in [6.07, 6.45) is -9.22. The van der Waals surface area contributed by atoms with Crippen LogP contribution in [0, 0.1) is 5.82 Å². The summed E-state index contributed by atoms with van der Waals surface area (Å²) in [4.78, 5) is 0. The molecule has 0 unspecified atom stereocenters. The van der Waals surface area contributed by atoms with Gasteiger partial charge in [-0.1, -0.05) is 59.6 Å². The monoisotopic (exact) mass is 596 g/mol. The van der Waals surface area contributed by atoms with Crippen LogP contribution in [-0.4, -0.2) is 9.78 Å². The van der Waals surface area contributed by atoms with Gasteiger partial charge in [-0.3, -0.25) is 4.68 Å². The molecule has 1 aromatic heterocycles. The van der Waals surface area contributed by atoms with Crippen LogP contribution in [0.1, 0.15) is 27.8 Å². The van der Waals surface area contributed by atoms with Gasteiger partial charge < -0.3 is 0 Å². The van der Waals surface area contributed by atoms with Crippen molar-refractivity contribution in [3.8, 4) is 11.3 Å². The topological polar surface area (TPSA) is 17.8 Å². The lowest BCUT2D eigenvalue weighted by Crippen LogP contribution is -2.07. The lowest BCUT2D eigenvalue weighted by molar-refractivity contribution is -0.138. The molecule has 0 aliphatic rings. The minimum absolute atomic E-state index is 0.0300. The summed E-state index contributed by atoms with van der Waals surface area (Å²) in [7, 11) is 0. The fourth-order valence-corrected chi connectivity index (χ4v) is 4.89. The van der Waals surface area contributed by atoms with Crippen LogP contribution in [0.4, 0.5) is 30.7 Å². The quantitative estimate of drug-likeness (QED) is 0.185. The molecule has 5 rings (SSSR count). The van der Waals surface area contributed by atoms with Gasteiger partial charge in [-0.2, -0.15) is 31.4 Å². The second kappa shape index (κ2) is 10.4. The molecule has 0 saturated heterocycles. The van der Waals surface area contributed by atoms with E-state index in [0.29, 0.717) is 11.1 Å². The van der Waals surface area contributed by atoms with Crippen molar-refractivity contribution < 1.29 is 30.7 Å². The number of nitrogens with zero attached hydrogens (tertiary/aromatic N) is 2. The van der Waals surface area contributed by atoms with Crippen molar-refractivity contribution in [2.45, 2.75) is 25.3 Å². The number of benzene rings is 4. The van der Waals surface area contributed by atoms with Crippen LogP contribution in [0.2, 0.25) is 10.0 Å². The van der Waals surface area contributed by atoms with Crippen molar-refractivity contribution in [2.75, 3.05) is 0 Å². The average molecular weight is 597 g/mol. The molecule has 2 nitrogen and oxygen atoms in total. The highest BCUT2D eigenvalue weighted by atomic mass is 35.5. The lowest BCUT2D eigenvalue weighted by atomic mass is 9.98. The number of hydrogen-bond acceptors (Lipinski definition) is 1. The summed E-state index contributed by atoms with van der Waals surface area (Å²) < 4.78 is 97.2. The predicted octanol–water partition coefficient (Wildman–Crippen LogP) is 9.83. The van der Waals surface area contributed by atoms with Crippen molar-refractivity contribution in [3.05, 3.63) is 123 Å². The highest BCUT2D eigenvalue weighted by Gasteiger charge is 2.35. The van der Waals surface area contributed by atoms with Gasteiger partial charge in [0.1, 0.15) is 11.3 Å². The van der Waals surface area contributed by atoms with Gasteiger partial charge in [0.2, 0.25) is 0 Å². The number of aromatic nitrogens is 2. The molecule has 0 atom stereocenters. The Morgan fingerprint density at radius 1 is 0.750 bits per heavy atom. The van der Waals surface area contributed by atoms with E-state index in [1.807, 2.05) is 0 Å². The van der Waals surface area contributed by atoms with E-state index in [1.54, 1.807) is 24.3 Å². The van der Waals surface area contributed by atoms with Crippen molar-refractivity contribution in [2.24, 2.45) is 0 Å². The molecule has 206 valence electrons. The normalized spacial score (nSPS) is 12.3. The third-order valence-electron chi connectivity index (χ3n) is 6.38. The Bertz CT molecular complexity index is 1720. The van der Waals surface area contributed by atoms with Gasteiger partial charge in [0.05, 0.1) is 23.4 Å². The SMILES string of the molecule is Fc1cc(Cl)ccc1Cn1nc2c(C(F)(F)F)cccc2c1-c1cccc(Cc2cc(C(F)(F)F)ccc2Cl)c1. The Morgan fingerprint density at radius 2 is 1.50 bits per heavy atom. The first-order valence-electron chi connectivity index (χ1n) is 11.8. The lowest BCUT2D eigenvalue weighted by Gasteiger charge is -2.13. The first-order chi connectivity index (χ1) is 18.8. The first kappa shape index (κ1) is 28.0. The van der Waals surface area contributed by atoms with Crippen LogP contribution in [0.15, 0.2) is 78.9 Å². The van der Waals surface area contributed by atoms with Crippen molar-refractivity contribution in [1.82, 2.24) is 9.78 Å². The van der Waals surface area contributed by atoms with Gasteiger partial charge in [-0.25, -0.2) is 4.39 Å². The number of alkyl halides is 6. The smallest absolute Gasteiger partial charge is 0.259 e. The van der Waals surface area contributed by atoms with Gasteiger partial charge in [0.15, 0.2) is 0 Å². The molecular formula is C29H17Cl2F7N2. The van der Waals surface area contributed by atoms with Gasteiger partial charge in [0, 0.05) is 26.6 Å². The molecule has 0 N–H and O–H groups in total. The van der Waals surface area contributed by atoms with E-state index in [9.17, 15) is 30.7 Å². The Kier molecular flexibility index (Phi) is 7.31. The molecule has 11 heteroatoms. The number of hydrogen-bond donors (Lipinski definition) is 0. The highest BCUT2D eigenvalue weighted by molar-refractivity contribution is 6.31. The average Bonchev–Trinajstić information content (AvgIpc) is 3.24. The Hall–Kier alpha value is -3.56. The number of rotatable bonds is 5. The maximum Gasteiger partial charge on any atom is 0.418 e. The van der Waals surface area contributed by atoms with Crippen LogP contribution in [0.3, 0.4) is 0 Å². The Morgan fingerprint density at radius 3 is 2.20 bits per heavy atom. The molecule has 0 fully saturated rings. The zero-order valence-corrected chi connectivity index (χ0v) is 21.7. The Balaban J connectivity index is 1.64. The molecule has 1 heterocycles. The van der Waals surface area contributed by atoms with E-state index in [2.05, 4.69) is 5.10 Å². The minimum Gasteiger partial charge on any atom is -0.259 e. The molecule has 0 saturated carbocycles. The summed E-state index contributed by atoms with van der Waals surface area (Å²) in [5.74, 6) is -0.651. The summed E-state index contributed by atoms with van der Waals surface area (Å²) in [5.41, 5.74) is -0.446. The molecule has 5 aromatic rings. The second-order valence-electron chi connectivity index (χ2n) is 9.12. The molecular weight excluding hydrogens is 580 g/mol. The van der Waals surface area contributed by atoms with Gasteiger partial charge in [-0.05, 0) is 60.0 Å². The van der Waals surface area contributed by atoms with Gasteiger partial charge >= 0.3 is 12.4 Å². The van der Waals surface area contributed by atoms with Crippen molar-refractivity contribution in [3.63, 3.8) is 0 Å². The Labute approximate surface area is 233 Å². The third-order valence-corrected chi connectivity index (χ3v) is 6.98. The van der Waals surface area contributed by atoms with Crippen molar-refractivity contribution >= 4 is 34.1 Å². The highest BCUT2D eigenvalue weighted by Crippen LogP contribution is 2.39. The summed E-state index contributed by atoms with van der Waals surface area (Å²) >= 11 is 12.0. The number of fused-ring (bicyclic) bond motifs is 1. The van der Waals surface area contributed by atoms with Crippen LogP contribution in [-0.2, 0) is 25.3 Å². The van der Waals surface area contributed by atoms with E-state index in [0.717, 1.165) is 24.3 Å². The standard InChI is InChI=1S/C29H17Cl2F7N2/c30-21-9-7-18(25(32)14-21)15-40-27(22-5-2-6-23(26(22)39-40)29(36,37)38)17-4-1-3-16(11-17)12-19-13-20(28(33,34)35)8-10-24(19)31/h1-11,13-14H,12,15H2. The second-order valence-corrected chi connectivity index (χ2v) is 9.97. The molecule has 0 bridgehead atoms. The molecule has 0 amide bonds. The van der Waals surface area contributed by atoms with Crippen LogP contribution < -0.4 is 0 Å². The van der Waals surface area contributed by atoms with E-state index in [4.69, 9.17) is 23.2 Å². The molecule has 0 spiro atoms. The summed E-state index contributed by atoms with van der Waals surface area (Å²) in [6.45, 7) is -0.200. The fourth-order valence-electron chi connectivity index (χ4n) is 4.55. The fraction of sp³-hybridized carbons (Fsp3) is 0.138. The molecule has 4 aromatic carbocycles. The minimum atomic E-state index is -4.69. The van der Waals surface area contributed by atoms with Crippen LogP contribution >= 0.6 is 23.2 Å². The maximum atomic E-state index is 14.7. The van der Waals surface area contributed by atoms with Crippen LogP contribution in [0.25, 0.3) is 22.2 Å². The largest absolute Gasteiger partial charge is 0.418 e. The van der Waals surface area contributed by atoms with Crippen LogP contribution in [0.5, 0.6) is 0 Å². The maximum absolute atomic E-state index is 14.7. The first-order valence-corrected chi connectivity index (χ1v) is 12.5. The number of halogens is 9. The zero-order valence-electron chi connectivity index (χ0n) is 20.2. The molecule has 0 aliphatic carbocycles. The van der Waals surface area contributed by atoms with Gasteiger partial charge in [0.25, 0.3) is 0 Å². The van der Waals surface area contributed by atoms with Gasteiger partial charge in [-0.15, -0.1) is 0 Å². The molecule has 40 heavy (non-hydrogen) atoms. The van der Waals surface area contributed by atoms with E-state index < -0.39 is 29.3 Å². The predicted molar refractivity (Wildman–Crippen MR) is 140 cm³/mol. The van der Waals surface area contributed by atoms with E-state index in [-0.39, 0.29) is 50.7 Å². The van der Waals surface area contributed by atoms with Crippen molar-refractivity contribution in [1.29, 1.82) is 0 Å². The molecule has 0 aliphatic heterocycles. The third kappa shape index (κ3) is 5.67.